The van der Waals surface area contributed by atoms with Crippen LogP contribution < -0.4 is 9.64 Å². The van der Waals surface area contributed by atoms with Gasteiger partial charge in [0.15, 0.2) is 0 Å². The van der Waals surface area contributed by atoms with Crippen molar-refractivity contribution in [2.45, 2.75) is 57.1 Å². The molecule has 51 heavy (non-hydrogen) atoms. The molecule has 12 nitrogen and oxygen atoms in total. The number of carbonyl (C=O) groups is 4. The minimum absolute atomic E-state index is 0.0530. The van der Waals surface area contributed by atoms with E-state index >= 15 is 4.79 Å². The number of fused-ring (bicyclic) bond motifs is 1. The lowest BCUT2D eigenvalue weighted by atomic mass is 9.60. The molecule has 6 atom stereocenters. The Balaban J connectivity index is 1.89. The van der Waals surface area contributed by atoms with Crippen molar-refractivity contribution in [1.29, 1.82) is 0 Å². The van der Waals surface area contributed by atoms with Crippen molar-refractivity contribution < 1.29 is 43.0 Å². The van der Waals surface area contributed by atoms with E-state index in [0.29, 0.717) is 22.4 Å². The van der Waals surface area contributed by atoms with E-state index in [1.165, 1.54) is 26.4 Å². The molecule has 2 amide bonds. The predicted molar refractivity (Wildman–Crippen MR) is 187 cm³/mol. The first kappa shape index (κ1) is 36.8. The second kappa shape index (κ2) is 14.8. The van der Waals surface area contributed by atoms with Crippen LogP contribution in [0.5, 0.6) is 5.75 Å². The van der Waals surface area contributed by atoms with E-state index in [1.54, 1.807) is 107 Å². The highest BCUT2D eigenvalue weighted by Crippen LogP contribution is 2.62. The standard InChI is InChI=1S/C39H42N2O10/c1-7-50-32(43)23-28-27(21-22-31(42)49-6)33(24-17-19-26(48-5)20-18-24)35(41(46)47)34(28)39(25-13-9-8-10-14-25)29-15-11-12-16-30(29)40(36(39)44)37(45)51-38(2,3)4/h8-22,27-28,33-35H,7,23H2,1-6H3/b22-21+/t27-,28-,33+,34+,35+,39-/m0/s1. The second-order valence-electron chi connectivity index (χ2n) is 13.5. The van der Waals surface area contributed by atoms with Crippen molar-refractivity contribution in [3.63, 3.8) is 0 Å². The number of para-hydroxylation sites is 1. The van der Waals surface area contributed by atoms with Crippen LogP contribution in [0.2, 0.25) is 0 Å². The molecule has 0 bridgehead atoms. The average Bonchev–Trinajstić information content (AvgIpc) is 3.55. The first-order chi connectivity index (χ1) is 24.3. The molecule has 3 aromatic rings. The van der Waals surface area contributed by atoms with Crippen LogP contribution in [0.1, 0.15) is 56.7 Å². The normalized spacial score (nSPS) is 24.2. The number of benzene rings is 3. The number of carbonyl (C=O) groups excluding carboxylic acids is 4. The highest BCUT2D eigenvalue weighted by Gasteiger charge is 2.70. The summed E-state index contributed by atoms with van der Waals surface area (Å²) in [5.74, 6) is -5.62. The number of amides is 2. The number of ether oxygens (including phenoxy) is 4. The van der Waals surface area contributed by atoms with Gasteiger partial charge in [0, 0.05) is 17.4 Å². The van der Waals surface area contributed by atoms with Gasteiger partial charge in [-0.3, -0.25) is 19.7 Å². The minimum Gasteiger partial charge on any atom is -0.497 e. The van der Waals surface area contributed by atoms with Crippen LogP contribution in [0.25, 0.3) is 0 Å². The number of nitro groups is 1. The monoisotopic (exact) mass is 698 g/mol. The molecular weight excluding hydrogens is 656 g/mol. The van der Waals surface area contributed by atoms with E-state index in [9.17, 15) is 24.5 Å². The zero-order chi connectivity index (χ0) is 37.1. The topological polar surface area (TPSA) is 152 Å². The average molecular weight is 699 g/mol. The molecule has 12 heteroatoms. The van der Waals surface area contributed by atoms with E-state index in [2.05, 4.69) is 0 Å². The summed E-state index contributed by atoms with van der Waals surface area (Å²) in [7, 11) is 2.71. The highest BCUT2D eigenvalue weighted by atomic mass is 16.6. The second-order valence-corrected chi connectivity index (χ2v) is 13.5. The van der Waals surface area contributed by atoms with Gasteiger partial charge in [0.25, 0.3) is 5.91 Å². The number of esters is 2. The summed E-state index contributed by atoms with van der Waals surface area (Å²) < 4.78 is 21.4. The van der Waals surface area contributed by atoms with Crippen LogP contribution in [-0.2, 0) is 34.0 Å². The Labute approximate surface area is 296 Å². The highest BCUT2D eigenvalue weighted by molar-refractivity contribution is 6.22. The predicted octanol–water partition coefficient (Wildman–Crippen LogP) is 6.24. The maximum atomic E-state index is 15.4. The SMILES string of the molecule is CCOC(=O)C[C@H]1[C@H](/C=C/C(=O)OC)[C@@H](c2ccc(OC)cc2)[C@@H]([N+](=O)[O-])[C@@H]1[C@@]1(c2ccccc2)C(=O)N(C(=O)OC(C)(C)C)c2ccccc21. The summed E-state index contributed by atoms with van der Waals surface area (Å²) in [6.07, 6.45) is 1.44. The molecule has 0 saturated heterocycles. The molecule has 3 aromatic carbocycles. The molecule has 2 aliphatic rings. The van der Waals surface area contributed by atoms with E-state index in [-0.39, 0.29) is 18.7 Å². The van der Waals surface area contributed by atoms with Gasteiger partial charge in [-0.1, -0.05) is 66.7 Å². The lowest BCUT2D eigenvalue weighted by Crippen LogP contribution is -2.54. The number of imide groups is 1. The summed E-state index contributed by atoms with van der Waals surface area (Å²) >= 11 is 0. The summed E-state index contributed by atoms with van der Waals surface area (Å²) in [4.78, 5) is 69.7. The van der Waals surface area contributed by atoms with Crippen molar-refractivity contribution in [1.82, 2.24) is 0 Å². The van der Waals surface area contributed by atoms with E-state index < -0.39 is 69.6 Å². The van der Waals surface area contributed by atoms with Crippen molar-refractivity contribution >= 4 is 29.6 Å². The number of allylic oxidation sites excluding steroid dienone is 1. The minimum atomic E-state index is -1.87. The molecule has 1 saturated carbocycles. The van der Waals surface area contributed by atoms with E-state index in [0.717, 1.165) is 4.90 Å². The van der Waals surface area contributed by atoms with Gasteiger partial charge in [-0.2, -0.15) is 0 Å². The molecule has 0 radical (unpaired) electrons. The molecule has 0 N–H and O–H groups in total. The smallest absolute Gasteiger partial charge is 0.421 e. The third-order valence-corrected chi connectivity index (χ3v) is 9.63. The Bertz CT molecular complexity index is 1820. The van der Waals surface area contributed by atoms with Gasteiger partial charge in [0.2, 0.25) is 6.04 Å². The fourth-order valence-electron chi connectivity index (χ4n) is 7.88. The quantitative estimate of drug-likeness (QED) is 0.0783. The Kier molecular flexibility index (Phi) is 10.6. The molecule has 1 aliphatic carbocycles. The van der Waals surface area contributed by atoms with Crippen LogP contribution in [0.15, 0.2) is 91.0 Å². The third kappa shape index (κ3) is 6.82. The number of nitrogens with zero attached hydrogens (tertiary/aromatic N) is 2. The molecule has 0 aromatic heterocycles. The van der Waals surface area contributed by atoms with Gasteiger partial charge in [-0.25, -0.2) is 14.5 Å². The Morgan fingerprint density at radius 2 is 1.61 bits per heavy atom. The van der Waals surface area contributed by atoms with Crippen molar-refractivity contribution in [3.05, 3.63) is 118 Å². The van der Waals surface area contributed by atoms with Crippen LogP contribution in [0, 0.1) is 27.9 Å². The molecule has 0 spiro atoms. The fraction of sp³-hybridized carbons (Fsp3) is 0.385. The van der Waals surface area contributed by atoms with Crippen molar-refractivity contribution in [2.75, 3.05) is 25.7 Å². The zero-order valence-corrected chi connectivity index (χ0v) is 29.4. The fourth-order valence-corrected chi connectivity index (χ4v) is 7.88. The maximum Gasteiger partial charge on any atom is 0.421 e. The van der Waals surface area contributed by atoms with Gasteiger partial charge in [0.05, 0.1) is 38.3 Å². The van der Waals surface area contributed by atoms with E-state index in [1.807, 2.05) is 0 Å². The Morgan fingerprint density at radius 3 is 2.20 bits per heavy atom. The molecule has 1 fully saturated rings. The summed E-state index contributed by atoms with van der Waals surface area (Å²) in [6.45, 7) is 6.73. The summed E-state index contributed by atoms with van der Waals surface area (Å²) in [5, 5.41) is 13.7. The van der Waals surface area contributed by atoms with E-state index in [4.69, 9.17) is 18.9 Å². The van der Waals surface area contributed by atoms with Crippen LogP contribution >= 0.6 is 0 Å². The molecule has 5 rings (SSSR count). The number of rotatable bonds is 10. The van der Waals surface area contributed by atoms with Gasteiger partial charge in [-0.05, 0) is 74.4 Å². The Morgan fingerprint density at radius 1 is 0.961 bits per heavy atom. The number of hydrogen-bond acceptors (Lipinski definition) is 10. The zero-order valence-electron chi connectivity index (χ0n) is 29.4. The number of anilines is 1. The Hall–Kier alpha value is -5.52. The largest absolute Gasteiger partial charge is 0.497 e. The number of hydrogen-bond donors (Lipinski definition) is 0. The lowest BCUT2D eigenvalue weighted by Gasteiger charge is -2.39. The molecule has 0 unspecified atom stereocenters. The van der Waals surface area contributed by atoms with Crippen molar-refractivity contribution in [2.24, 2.45) is 17.8 Å². The molecule has 268 valence electrons. The van der Waals surface area contributed by atoms with Crippen LogP contribution in [0.3, 0.4) is 0 Å². The summed E-state index contributed by atoms with van der Waals surface area (Å²) in [6, 6.07) is 20.5. The molecular formula is C39H42N2O10. The van der Waals surface area contributed by atoms with Gasteiger partial charge >= 0.3 is 18.0 Å². The number of methoxy groups -OCH3 is 2. The molecule has 1 heterocycles. The van der Waals surface area contributed by atoms with Gasteiger partial charge in [0.1, 0.15) is 16.8 Å². The first-order valence-corrected chi connectivity index (χ1v) is 16.7. The van der Waals surface area contributed by atoms with Crippen molar-refractivity contribution in [3.8, 4) is 5.75 Å². The third-order valence-electron chi connectivity index (χ3n) is 9.63. The van der Waals surface area contributed by atoms with Crippen LogP contribution in [-0.4, -0.2) is 61.3 Å². The summed E-state index contributed by atoms with van der Waals surface area (Å²) in [5.41, 5.74) is -1.36. The molecule has 1 aliphatic heterocycles. The van der Waals surface area contributed by atoms with Crippen LogP contribution in [0.4, 0.5) is 10.5 Å². The van der Waals surface area contributed by atoms with Gasteiger partial charge in [-0.15, -0.1) is 0 Å². The lowest BCUT2D eigenvalue weighted by molar-refractivity contribution is -0.534. The first-order valence-electron chi connectivity index (χ1n) is 16.7. The maximum absolute atomic E-state index is 15.4. The van der Waals surface area contributed by atoms with Gasteiger partial charge < -0.3 is 18.9 Å².